The lowest BCUT2D eigenvalue weighted by Gasteiger charge is -2.07. The van der Waals surface area contributed by atoms with Crippen LogP contribution in [0.25, 0.3) is 22.1 Å². The number of fused-ring (bicyclic) bond motifs is 1. The van der Waals surface area contributed by atoms with Gasteiger partial charge in [0.2, 0.25) is 0 Å². The first-order chi connectivity index (χ1) is 10.7. The average Bonchev–Trinajstić information content (AvgIpc) is 2.89. The van der Waals surface area contributed by atoms with E-state index in [-0.39, 0.29) is 6.61 Å². The van der Waals surface area contributed by atoms with Crippen LogP contribution in [0.15, 0.2) is 40.8 Å². The van der Waals surface area contributed by atoms with Crippen molar-refractivity contribution in [3.63, 3.8) is 0 Å². The lowest BCUT2D eigenvalue weighted by atomic mass is 10.0. The largest absolute Gasteiger partial charge is 0.497 e. The van der Waals surface area contributed by atoms with E-state index in [4.69, 9.17) is 13.9 Å². The first-order valence-corrected chi connectivity index (χ1v) is 7.80. The molecule has 0 saturated carbocycles. The van der Waals surface area contributed by atoms with Crippen LogP contribution >= 0.6 is 22.6 Å². The summed E-state index contributed by atoms with van der Waals surface area (Å²) in [7, 11) is 3.26. The smallest absolute Gasteiger partial charge is 0.173 e. The summed E-state index contributed by atoms with van der Waals surface area (Å²) in [5.74, 6) is 1.50. The number of benzene rings is 2. The summed E-state index contributed by atoms with van der Waals surface area (Å²) in [5, 5.41) is 10.3. The minimum atomic E-state index is -0.0541. The predicted molar refractivity (Wildman–Crippen MR) is 93.4 cm³/mol. The number of methoxy groups -OCH3 is 2. The molecule has 0 amide bonds. The molecule has 0 aliphatic rings. The van der Waals surface area contributed by atoms with Gasteiger partial charge in [-0.25, -0.2) is 0 Å². The molecule has 3 aromatic rings. The minimum Gasteiger partial charge on any atom is -0.497 e. The Labute approximate surface area is 141 Å². The summed E-state index contributed by atoms with van der Waals surface area (Å²) >= 11 is 2.18. The van der Waals surface area contributed by atoms with E-state index in [0.717, 1.165) is 31.6 Å². The fraction of sp³-hybridized carbons (Fsp3) is 0.176. The number of furan rings is 1. The molecule has 22 heavy (non-hydrogen) atoms. The van der Waals surface area contributed by atoms with E-state index in [1.807, 2.05) is 36.4 Å². The van der Waals surface area contributed by atoms with Gasteiger partial charge in [-0.15, -0.1) is 0 Å². The van der Waals surface area contributed by atoms with Crippen molar-refractivity contribution in [1.82, 2.24) is 0 Å². The van der Waals surface area contributed by atoms with Crippen LogP contribution in [0, 0.1) is 3.77 Å². The van der Waals surface area contributed by atoms with Crippen LogP contribution in [0.4, 0.5) is 0 Å². The Kier molecular flexibility index (Phi) is 4.26. The van der Waals surface area contributed by atoms with Gasteiger partial charge in [-0.3, -0.25) is 0 Å². The second-order valence-corrected chi connectivity index (χ2v) is 5.79. The fourth-order valence-electron chi connectivity index (χ4n) is 2.48. The maximum Gasteiger partial charge on any atom is 0.173 e. The van der Waals surface area contributed by atoms with Gasteiger partial charge in [0.25, 0.3) is 0 Å². The average molecular weight is 410 g/mol. The van der Waals surface area contributed by atoms with Gasteiger partial charge in [0.05, 0.1) is 26.2 Å². The number of hydrogen-bond acceptors (Lipinski definition) is 4. The normalized spacial score (nSPS) is 10.9. The van der Waals surface area contributed by atoms with E-state index >= 15 is 0 Å². The summed E-state index contributed by atoms with van der Waals surface area (Å²) in [6.45, 7) is -0.0541. The number of rotatable bonds is 4. The first-order valence-electron chi connectivity index (χ1n) is 6.72. The zero-order valence-corrected chi connectivity index (χ0v) is 14.4. The van der Waals surface area contributed by atoms with Crippen molar-refractivity contribution >= 4 is 33.6 Å². The quantitative estimate of drug-likeness (QED) is 0.655. The Balaban J connectivity index is 2.26. The predicted octanol–water partition coefficient (Wildman–Crippen LogP) is 4.21. The van der Waals surface area contributed by atoms with Crippen LogP contribution in [-0.2, 0) is 6.61 Å². The molecule has 114 valence electrons. The molecule has 0 atom stereocenters. The van der Waals surface area contributed by atoms with Gasteiger partial charge in [0, 0.05) is 28.2 Å². The van der Waals surface area contributed by atoms with E-state index < -0.39 is 0 Å². The molecule has 0 bridgehead atoms. The van der Waals surface area contributed by atoms with Crippen molar-refractivity contribution in [3.8, 4) is 22.6 Å². The molecule has 3 rings (SSSR count). The Bertz CT molecular complexity index is 806. The molecular weight excluding hydrogens is 395 g/mol. The maximum absolute atomic E-state index is 9.35. The molecular formula is C17H15IO4. The van der Waals surface area contributed by atoms with Crippen molar-refractivity contribution in [2.24, 2.45) is 0 Å². The van der Waals surface area contributed by atoms with Gasteiger partial charge in [0.15, 0.2) is 3.77 Å². The Morgan fingerprint density at radius 1 is 1.09 bits per heavy atom. The van der Waals surface area contributed by atoms with Crippen LogP contribution < -0.4 is 9.47 Å². The van der Waals surface area contributed by atoms with Gasteiger partial charge >= 0.3 is 0 Å². The van der Waals surface area contributed by atoms with Crippen LogP contribution in [0.3, 0.4) is 0 Å². The SMILES string of the molecule is COc1ccc(-c2c(I)oc3cc(CO)cc(OC)c23)cc1. The number of halogens is 1. The number of aliphatic hydroxyl groups is 1. The molecule has 2 aromatic carbocycles. The Morgan fingerprint density at radius 2 is 1.82 bits per heavy atom. The van der Waals surface area contributed by atoms with Crippen LogP contribution in [-0.4, -0.2) is 19.3 Å². The summed E-state index contributed by atoms with van der Waals surface area (Å²) < 4.78 is 17.3. The van der Waals surface area contributed by atoms with Crippen LogP contribution in [0.2, 0.25) is 0 Å². The third-order valence-electron chi connectivity index (χ3n) is 3.55. The molecule has 0 fully saturated rings. The molecule has 1 aromatic heterocycles. The first kappa shape index (κ1) is 15.2. The number of hydrogen-bond donors (Lipinski definition) is 1. The van der Waals surface area contributed by atoms with Gasteiger partial charge in [-0.2, -0.15) is 0 Å². The molecule has 1 heterocycles. The number of aliphatic hydroxyl groups excluding tert-OH is 1. The van der Waals surface area contributed by atoms with Crippen molar-refractivity contribution in [3.05, 3.63) is 45.7 Å². The molecule has 0 saturated heterocycles. The van der Waals surface area contributed by atoms with E-state index in [1.54, 1.807) is 14.2 Å². The second-order valence-electron chi connectivity index (χ2n) is 4.81. The van der Waals surface area contributed by atoms with Gasteiger partial charge in [0.1, 0.15) is 17.1 Å². The standard InChI is InChI=1S/C17H15IO4/c1-20-12-5-3-11(4-6-12)15-16-13(21-2)7-10(9-19)8-14(16)22-17(15)18/h3-8,19H,9H2,1-2H3. The van der Waals surface area contributed by atoms with E-state index in [2.05, 4.69) is 22.6 Å². The molecule has 0 unspecified atom stereocenters. The zero-order chi connectivity index (χ0) is 15.7. The van der Waals surface area contributed by atoms with Crippen LogP contribution in [0.1, 0.15) is 5.56 Å². The summed E-state index contributed by atoms with van der Waals surface area (Å²) in [6.07, 6.45) is 0. The molecule has 4 nitrogen and oxygen atoms in total. The fourth-order valence-corrected chi connectivity index (χ4v) is 3.30. The molecule has 1 N–H and O–H groups in total. The van der Waals surface area contributed by atoms with Gasteiger partial charge < -0.3 is 19.0 Å². The monoisotopic (exact) mass is 410 g/mol. The van der Waals surface area contributed by atoms with Gasteiger partial charge in [-0.05, 0) is 35.4 Å². The lowest BCUT2D eigenvalue weighted by Crippen LogP contribution is -1.90. The molecule has 0 aliphatic carbocycles. The maximum atomic E-state index is 9.35. The summed E-state index contributed by atoms with van der Waals surface area (Å²) in [4.78, 5) is 0. The number of ether oxygens (including phenoxy) is 2. The highest BCUT2D eigenvalue weighted by Gasteiger charge is 2.19. The van der Waals surface area contributed by atoms with Crippen molar-refractivity contribution in [2.75, 3.05) is 14.2 Å². The Morgan fingerprint density at radius 3 is 2.41 bits per heavy atom. The van der Waals surface area contributed by atoms with Gasteiger partial charge in [-0.1, -0.05) is 12.1 Å². The van der Waals surface area contributed by atoms with Crippen molar-refractivity contribution in [1.29, 1.82) is 0 Å². The third-order valence-corrected chi connectivity index (χ3v) is 4.31. The topological polar surface area (TPSA) is 51.8 Å². The summed E-state index contributed by atoms with van der Waals surface area (Å²) in [6, 6.07) is 11.5. The van der Waals surface area contributed by atoms with Crippen molar-refractivity contribution < 1.29 is 19.0 Å². The highest BCUT2D eigenvalue weighted by atomic mass is 127. The van der Waals surface area contributed by atoms with E-state index in [9.17, 15) is 5.11 Å². The van der Waals surface area contributed by atoms with E-state index in [1.165, 1.54) is 0 Å². The molecule has 0 spiro atoms. The minimum absolute atomic E-state index is 0.0541. The van der Waals surface area contributed by atoms with E-state index in [0.29, 0.717) is 11.3 Å². The highest BCUT2D eigenvalue weighted by molar-refractivity contribution is 14.1. The Hall–Kier alpha value is -1.73. The molecule has 5 heteroatoms. The molecule has 0 radical (unpaired) electrons. The summed E-state index contributed by atoms with van der Waals surface area (Å²) in [5.41, 5.74) is 3.48. The zero-order valence-electron chi connectivity index (χ0n) is 12.2. The third kappa shape index (κ3) is 2.55. The highest BCUT2D eigenvalue weighted by Crippen LogP contribution is 2.41. The second kappa shape index (κ2) is 6.18. The van der Waals surface area contributed by atoms with Crippen molar-refractivity contribution in [2.45, 2.75) is 6.61 Å². The molecule has 0 aliphatic heterocycles. The lowest BCUT2D eigenvalue weighted by molar-refractivity contribution is 0.281. The van der Waals surface area contributed by atoms with Crippen LogP contribution in [0.5, 0.6) is 11.5 Å².